The molecule has 0 radical (unpaired) electrons. The van der Waals surface area contributed by atoms with Crippen LogP contribution in [0.3, 0.4) is 0 Å². The minimum atomic E-state index is 0.235. The van der Waals surface area contributed by atoms with Crippen LogP contribution in [0.5, 0.6) is 0 Å². The van der Waals surface area contributed by atoms with E-state index in [9.17, 15) is 0 Å². The lowest BCUT2D eigenvalue weighted by atomic mass is 9.86. The Morgan fingerprint density at radius 3 is 1.95 bits per heavy atom. The Morgan fingerprint density at radius 1 is 1.00 bits per heavy atom. The van der Waals surface area contributed by atoms with Crippen molar-refractivity contribution < 1.29 is 0 Å². The Bertz CT molecular complexity index is 391. The van der Waals surface area contributed by atoms with Gasteiger partial charge in [-0.25, -0.2) is 0 Å². The van der Waals surface area contributed by atoms with E-state index < -0.39 is 0 Å². The van der Waals surface area contributed by atoms with Crippen LogP contribution < -0.4 is 0 Å². The van der Waals surface area contributed by atoms with E-state index in [-0.39, 0.29) is 5.38 Å². The molecule has 1 aromatic rings. The zero-order chi connectivity index (χ0) is 13.8. The van der Waals surface area contributed by atoms with E-state index in [1.54, 1.807) is 0 Å². The molecule has 19 heavy (non-hydrogen) atoms. The number of benzene rings is 1. The molecule has 1 saturated carbocycles. The second kappa shape index (κ2) is 6.79. The number of aryl methyl sites for hydroxylation is 3. The molecule has 0 aromatic heterocycles. The molecule has 1 aliphatic rings. The SMILES string of the molecule is CCc1cc(CC)c(C(Cl)C2CCCC2)c(CC)c1. The molecule has 1 unspecified atom stereocenters. The minimum absolute atomic E-state index is 0.235. The van der Waals surface area contributed by atoms with Crippen molar-refractivity contribution in [2.24, 2.45) is 5.92 Å². The predicted molar refractivity (Wildman–Crippen MR) is 85.1 cm³/mol. The van der Waals surface area contributed by atoms with Crippen LogP contribution in [0.25, 0.3) is 0 Å². The molecule has 1 heteroatoms. The lowest BCUT2D eigenvalue weighted by Crippen LogP contribution is -2.10. The first kappa shape index (κ1) is 14.9. The Balaban J connectivity index is 2.40. The van der Waals surface area contributed by atoms with Crippen molar-refractivity contribution in [3.8, 4) is 0 Å². The molecule has 0 spiro atoms. The minimum Gasteiger partial charge on any atom is -0.118 e. The summed E-state index contributed by atoms with van der Waals surface area (Å²) < 4.78 is 0. The maximum Gasteiger partial charge on any atom is 0.0618 e. The fourth-order valence-corrected chi connectivity index (χ4v) is 4.01. The van der Waals surface area contributed by atoms with Gasteiger partial charge >= 0.3 is 0 Å². The first-order valence-corrected chi connectivity index (χ1v) is 8.43. The second-order valence-electron chi connectivity index (χ2n) is 5.83. The molecule has 2 rings (SSSR count). The molecule has 1 aromatic carbocycles. The third-order valence-electron chi connectivity index (χ3n) is 4.67. The number of hydrogen-bond donors (Lipinski definition) is 0. The van der Waals surface area contributed by atoms with E-state index in [1.807, 2.05) is 0 Å². The van der Waals surface area contributed by atoms with Gasteiger partial charge < -0.3 is 0 Å². The Labute approximate surface area is 123 Å². The quantitative estimate of drug-likeness (QED) is 0.593. The first-order chi connectivity index (χ1) is 9.21. The zero-order valence-electron chi connectivity index (χ0n) is 12.6. The lowest BCUT2D eigenvalue weighted by Gasteiger charge is -2.24. The largest absolute Gasteiger partial charge is 0.118 e. The van der Waals surface area contributed by atoms with Crippen LogP contribution >= 0.6 is 11.6 Å². The Hall–Kier alpha value is -0.490. The number of halogens is 1. The van der Waals surface area contributed by atoms with Gasteiger partial charge in [-0.15, -0.1) is 11.6 Å². The smallest absolute Gasteiger partial charge is 0.0618 e. The van der Waals surface area contributed by atoms with Gasteiger partial charge in [0, 0.05) is 0 Å². The van der Waals surface area contributed by atoms with Crippen LogP contribution in [-0.4, -0.2) is 0 Å². The first-order valence-electron chi connectivity index (χ1n) is 7.99. The zero-order valence-corrected chi connectivity index (χ0v) is 13.4. The highest BCUT2D eigenvalue weighted by atomic mass is 35.5. The van der Waals surface area contributed by atoms with Gasteiger partial charge in [0.1, 0.15) is 0 Å². The molecular formula is C18H27Cl. The predicted octanol–water partition coefficient (Wildman–Crippen LogP) is 5.84. The van der Waals surface area contributed by atoms with Crippen molar-refractivity contribution in [1.82, 2.24) is 0 Å². The van der Waals surface area contributed by atoms with Crippen molar-refractivity contribution >= 4 is 11.6 Å². The molecule has 1 aliphatic carbocycles. The molecule has 0 heterocycles. The van der Waals surface area contributed by atoms with Crippen LogP contribution in [0.15, 0.2) is 12.1 Å². The summed E-state index contributed by atoms with van der Waals surface area (Å²) in [6.45, 7) is 6.76. The summed E-state index contributed by atoms with van der Waals surface area (Å²) in [5.74, 6) is 0.699. The molecule has 106 valence electrons. The maximum absolute atomic E-state index is 6.88. The monoisotopic (exact) mass is 278 g/mol. The van der Waals surface area contributed by atoms with Gasteiger partial charge in [0.15, 0.2) is 0 Å². The highest BCUT2D eigenvalue weighted by Crippen LogP contribution is 2.42. The van der Waals surface area contributed by atoms with Crippen molar-refractivity contribution in [3.05, 3.63) is 34.4 Å². The van der Waals surface area contributed by atoms with Gasteiger partial charge in [-0.1, -0.05) is 45.7 Å². The van der Waals surface area contributed by atoms with Crippen molar-refractivity contribution in [2.75, 3.05) is 0 Å². The summed E-state index contributed by atoms with van der Waals surface area (Å²) in [7, 11) is 0. The van der Waals surface area contributed by atoms with Crippen LogP contribution in [0.4, 0.5) is 0 Å². The summed E-state index contributed by atoms with van der Waals surface area (Å²) in [5.41, 5.74) is 5.91. The van der Waals surface area contributed by atoms with Gasteiger partial charge in [-0.05, 0) is 60.3 Å². The lowest BCUT2D eigenvalue weighted by molar-refractivity contribution is 0.524. The van der Waals surface area contributed by atoms with Crippen molar-refractivity contribution in [1.29, 1.82) is 0 Å². The normalized spacial score (nSPS) is 17.9. The van der Waals surface area contributed by atoms with Crippen LogP contribution in [0.1, 0.15) is 74.1 Å². The molecule has 0 aliphatic heterocycles. The third kappa shape index (κ3) is 3.16. The molecule has 1 atom stereocenters. The van der Waals surface area contributed by atoms with Gasteiger partial charge in [-0.2, -0.15) is 0 Å². The van der Waals surface area contributed by atoms with E-state index in [2.05, 4.69) is 32.9 Å². The second-order valence-corrected chi connectivity index (χ2v) is 6.30. The Kier molecular flexibility index (Phi) is 5.33. The van der Waals surface area contributed by atoms with Crippen LogP contribution in [-0.2, 0) is 19.3 Å². The fraction of sp³-hybridized carbons (Fsp3) is 0.667. The molecular weight excluding hydrogens is 252 g/mol. The molecule has 1 fully saturated rings. The highest BCUT2D eigenvalue weighted by molar-refractivity contribution is 6.21. The third-order valence-corrected chi connectivity index (χ3v) is 5.25. The van der Waals surface area contributed by atoms with Gasteiger partial charge in [0.25, 0.3) is 0 Å². The summed E-state index contributed by atoms with van der Waals surface area (Å²) in [6, 6.07) is 4.78. The van der Waals surface area contributed by atoms with E-state index in [0.717, 1.165) is 19.3 Å². The van der Waals surface area contributed by atoms with E-state index in [1.165, 1.54) is 47.9 Å². The number of alkyl halides is 1. The van der Waals surface area contributed by atoms with Crippen LogP contribution in [0.2, 0.25) is 0 Å². The van der Waals surface area contributed by atoms with Crippen molar-refractivity contribution in [2.45, 2.75) is 71.1 Å². The van der Waals surface area contributed by atoms with E-state index >= 15 is 0 Å². The Morgan fingerprint density at radius 2 is 1.53 bits per heavy atom. The van der Waals surface area contributed by atoms with E-state index in [0.29, 0.717) is 5.92 Å². The van der Waals surface area contributed by atoms with E-state index in [4.69, 9.17) is 11.6 Å². The number of rotatable bonds is 5. The molecule has 0 saturated heterocycles. The number of hydrogen-bond acceptors (Lipinski definition) is 0. The maximum atomic E-state index is 6.88. The van der Waals surface area contributed by atoms with Gasteiger partial charge in [0.2, 0.25) is 0 Å². The van der Waals surface area contributed by atoms with Crippen molar-refractivity contribution in [3.63, 3.8) is 0 Å². The summed E-state index contributed by atoms with van der Waals surface area (Å²) >= 11 is 6.88. The summed E-state index contributed by atoms with van der Waals surface area (Å²) in [6.07, 6.45) is 8.69. The van der Waals surface area contributed by atoms with Gasteiger partial charge in [-0.3, -0.25) is 0 Å². The average molecular weight is 279 g/mol. The molecule has 0 bridgehead atoms. The van der Waals surface area contributed by atoms with Crippen LogP contribution in [0, 0.1) is 5.92 Å². The highest BCUT2D eigenvalue weighted by Gasteiger charge is 2.27. The summed E-state index contributed by atoms with van der Waals surface area (Å²) in [4.78, 5) is 0. The van der Waals surface area contributed by atoms with Gasteiger partial charge in [0.05, 0.1) is 5.38 Å². The fourth-order valence-electron chi connectivity index (χ4n) is 3.48. The molecule has 0 amide bonds. The molecule has 0 nitrogen and oxygen atoms in total. The standard InChI is InChI=1S/C18H27Cl/c1-4-13-11-14(5-2)17(15(6-3)12-13)18(19)16-9-7-8-10-16/h11-12,16,18H,4-10H2,1-3H3. The molecule has 0 N–H and O–H groups in total. The topological polar surface area (TPSA) is 0 Å². The average Bonchev–Trinajstić information content (AvgIpc) is 2.99. The summed E-state index contributed by atoms with van der Waals surface area (Å²) in [5, 5.41) is 0.235.